The molecule has 136 valence electrons. The fraction of sp³-hybridized carbons (Fsp3) is 0.143. The zero-order chi connectivity index (χ0) is 19.0. The number of nitrogen functional groups attached to an aromatic ring is 1. The molecule has 3 N–H and O–H groups in total. The van der Waals surface area contributed by atoms with Gasteiger partial charge in [-0.25, -0.2) is 0 Å². The Balaban J connectivity index is 1.59. The average Bonchev–Trinajstić information content (AvgIpc) is 3.23. The number of rotatable bonds is 4. The third kappa shape index (κ3) is 3.17. The number of hydrogen-bond donors (Lipinski definition) is 2. The summed E-state index contributed by atoms with van der Waals surface area (Å²) >= 11 is 0. The van der Waals surface area contributed by atoms with E-state index in [1.807, 2.05) is 54.6 Å². The lowest BCUT2D eigenvalue weighted by Crippen LogP contribution is -2.15. The summed E-state index contributed by atoms with van der Waals surface area (Å²) in [6.07, 6.45) is 0. The Hall–Kier alpha value is -3.54. The first-order valence-corrected chi connectivity index (χ1v) is 8.69. The van der Waals surface area contributed by atoms with E-state index in [1.165, 1.54) is 4.68 Å². The zero-order valence-corrected chi connectivity index (χ0v) is 15.2. The van der Waals surface area contributed by atoms with Crippen LogP contribution in [-0.2, 0) is 6.61 Å². The van der Waals surface area contributed by atoms with E-state index < -0.39 is 0 Å². The molecule has 0 aliphatic heterocycles. The Morgan fingerprint density at radius 3 is 2.63 bits per heavy atom. The third-order valence-electron chi connectivity index (χ3n) is 4.61. The molecule has 0 radical (unpaired) electrons. The Bertz CT molecular complexity index is 1130. The smallest absolute Gasteiger partial charge is 0.294 e. The van der Waals surface area contributed by atoms with Gasteiger partial charge in [-0.3, -0.25) is 4.79 Å². The van der Waals surface area contributed by atoms with Crippen molar-refractivity contribution in [3.63, 3.8) is 0 Å². The van der Waals surface area contributed by atoms with Crippen LogP contribution in [0, 0.1) is 13.8 Å². The number of carbonyl (C=O) groups excluding carboxylic acids is 1. The van der Waals surface area contributed by atoms with Crippen LogP contribution in [-0.4, -0.2) is 20.7 Å². The molecular formula is C21H20N4O2. The minimum absolute atomic E-state index is 0.241. The lowest BCUT2D eigenvalue weighted by molar-refractivity contribution is 0.0938. The molecule has 4 aromatic rings. The first-order chi connectivity index (χ1) is 13.0. The number of hydrogen-bond acceptors (Lipinski definition) is 4. The van der Waals surface area contributed by atoms with E-state index in [4.69, 9.17) is 10.5 Å². The van der Waals surface area contributed by atoms with E-state index in [1.54, 1.807) is 13.8 Å². The Labute approximate surface area is 156 Å². The molecule has 2 aromatic heterocycles. The molecule has 2 heterocycles. The summed E-state index contributed by atoms with van der Waals surface area (Å²) in [5.74, 6) is 0.498. The predicted molar refractivity (Wildman–Crippen MR) is 105 cm³/mol. The SMILES string of the molecule is Cc1nn(C(=O)c2cc3ccc(OCc4ccccc4)cc3[nH]2)c(C)c1N. The molecule has 0 bridgehead atoms. The molecule has 27 heavy (non-hydrogen) atoms. The minimum Gasteiger partial charge on any atom is -0.489 e. The topological polar surface area (TPSA) is 85.9 Å². The normalized spacial score (nSPS) is 11.0. The van der Waals surface area contributed by atoms with Gasteiger partial charge in [0.05, 0.1) is 17.1 Å². The van der Waals surface area contributed by atoms with Gasteiger partial charge in [-0.1, -0.05) is 30.3 Å². The fourth-order valence-corrected chi connectivity index (χ4v) is 3.02. The molecule has 2 aromatic carbocycles. The second kappa shape index (κ2) is 6.64. The number of benzene rings is 2. The van der Waals surface area contributed by atoms with E-state index in [0.29, 0.717) is 29.4 Å². The molecule has 0 spiro atoms. The summed E-state index contributed by atoms with van der Waals surface area (Å²) < 4.78 is 7.19. The molecule has 4 rings (SSSR count). The van der Waals surface area contributed by atoms with Gasteiger partial charge in [0.15, 0.2) is 0 Å². The van der Waals surface area contributed by atoms with Gasteiger partial charge in [0.2, 0.25) is 0 Å². The molecule has 0 aliphatic rings. The number of H-pyrrole nitrogens is 1. The highest BCUT2D eigenvalue weighted by Crippen LogP contribution is 2.24. The number of fused-ring (bicyclic) bond motifs is 1. The summed E-state index contributed by atoms with van der Waals surface area (Å²) in [5, 5.41) is 5.16. The van der Waals surface area contributed by atoms with Crippen molar-refractivity contribution in [1.29, 1.82) is 0 Å². The Morgan fingerprint density at radius 2 is 1.93 bits per heavy atom. The molecule has 0 saturated carbocycles. The van der Waals surface area contributed by atoms with Crippen LogP contribution in [0.4, 0.5) is 5.69 Å². The summed E-state index contributed by atoms with van der Waals surface area (Å²) in [4.78, 5) is 15.9. The predicted octanol–water partition coefficient (Wildman–Crippen LogP) is 3.83. The monoisotopic (exact) mass is 360 g/mol. The minimum atomic E-state index is -0.241. The number of aromatic nitrogens is 3. The van der Waals surface area contributed by atoms with Gasteiger partial charge in [0.1, 0.15) is 18.1 Å². The number of nitrogens with one attached hydrogen (secondary N) is 1. The number of nitrogens with zero attached hydrogens (tertiary/aromatic N) is 2. The van der Waals surface area contributed by atoms with Crippen molar-refractivity contribution in [1.82, 2.24) is 14.8 Å². The number of nitrogens with two attached hydrogens (primary N) is 1. The molecule has 6 nitrogen and oxygen atoms in total. The van der Waals surface area contributed by atoms with Crippen molar-refractivity contribution in [2.75, 3.05) is 5.73 Å². The highest BCUT2D eigenvalue weighted by atomic mass is 16.5. The van der Waals surface area contributed by atoms with Crippen LogP contribution in [0.5, 0.6) is 5.75 Å². The highest BCUT2D eigenvalue weighted by molar-refractivity contribution is 5.99. The quantitative estimate of drug-likeness (QED) is 0.579. The molecule has 0 saturated heterocycles. The lowest BCUT2D eigenvalue weighted by atomic mass is 10.2. The molecular weight excluding hydrogens is 340 g/mol. The largest absolute Gasteiger partial charge is 0.489 e. The lowest BCUT2D eigenvalue weighted by Gasteiger charge is -2.06. The van der Waals surface area contributed by atoms with Crippen LogP contribution < -0.4 is 10.5 Å². The van der Waals surface area contributed by atoms with Gasteiger partial charge < -0.3 is 15.5 Å². The Kier molecular flexibility index (Phi) is 4.16. The number of aryl methyl sites for hydroxylation is 1. The van der Waals surface area contributed by atoms with Crippen molar-refractivity contribution in [2.24, 2.45) is 0 Å². The van der Waals surface area contributed by atoms with Crippen LogP contribution in [0.2, 0.25) is 0 Å². The standard InChI is InChI=1S/C21H20N4O2/c1-13-20(22)14(2)25(24-13)21(26)19-10-16-8-9-17(11-18(16)23-19)27-12-15-6-4-3-5-7-15/h3-11,23H,12,22H2,1-2H3. The summed E-state index contributed by atoms with van der Waals surface area (Å²) in [5.41, 5.74) is 10.1. The molecule has 0 aliphatic carbocycles. The van der Waals surface area contributed by atoms with Gasteiger partial charge >= 0.3 is 0 Å². The average molecular weight is 360 g/mol. The first kappa shape index (κ1) is 16.9. The second-order valence-corrected chi connectivity index (χ2v) is 6.51. The summed E-state index contributed by atoms with van der Waals surface area (Å²) in [7, 11) is 0. The van der Waals surface area contributed by atoms with Crippen LogP contribution in [0.25, 0.3) is 10.9 Å². The van der Waals surface area contributed by atoms with E-state index >= 15 is 0 Å². The van der Waals surface area contributed by atoms with E-state index in [9.17, 15) is 4.79 Å². The molecule has 0 fully saturated rings. The number of ether oxygens (including phenoxy) is 1. The Morgan fingerprint density at radius 1 is 1.15 bits per heavy atom. The van der Waals surface area contributed by atoms with Crippen LogP contribution in [0.15, 0.2) is 54.6 Å². The summed E-state index contributed by atoms with van der Waals surface area (Å²) in [6, 6.07) is 17.5. The molecule has 6 heteroatoms. The van der Waals surface area contributed by atoms with Crippen LogP contribution >= 0.6 is 0 Å². The van der Waals surface area contributed by atoms with Crippen molar-refractivity contribution < 1.29 is 9.53 Å². The zero-order valence-electron chi connectivity index (χ0n) is 15.2. The van der Waals surface area contributed by atoms with Crippen LogP contribution in [0.1, 0.15) is 27.4 Å². The van der Waals surface area contributed by atoms with Gasteiger partial charge in [-0.2, -0.15) is 9.78 Å². The van der Waals surface area contributed by atoms with E-state index in [-0.39, 0.29) is 5.91 Å². The summed E-state index contributed by atoms with van der Waals surface area (Å²) in [6.45, 7) is 4.06. The van der Waals surface area contributed by atoms with Crippen LogP contribution in [0.3, 0.4) is 0 Å². The maximum atomic E-state index is 12.8. The number of anilines is 1. The highest BCUT2D eigenvalue weighted by Gasteiger charge is 2.18. The fourth-order valence-electron chi connectivity index (χ4n) is 3.02. The van der Waals surface area contributed by atoms with Gasteiger partial charge in [-0.15, -0.1) is 0 Å². The van der Waals surface area contributed by atoms with Crippen molar-refractivity contribution in [3.8, 4) is 5.75 Å². The van der Waals surface area contributed by atoms with E-state index in [2.05, 4.69) is 10.1 Å². The van der Waals surface area contributed by atoms with Crippen molar-refractivity contribution >= 4 is 22.5 Å². The van der Waals surface area contributed by atoms with Gasteiger partial charge in [-0.05, 0) is 37.6 Å². The molecule has 0 unspecified atom stereocenters. The van der Waals surface area contributed by atoms with Gasteiger partial charge in [0.25, 0.3) is 5.91 Å². The van der Waals surface area contributed by atoms with Gasteiger partial charge in [0, 0.05) is 17.0 Å². The molecule has 0 atom stereocenters. The van der Waals surface area contributed by atoms with Crippen molar-refractivity contribution in [2.45, 2.75) is 20.5 Å². The second-order valence-electron chi connectivity index (χ2n) is 6.51. The maximum absolute atomic E-state index is 12.8. The molecule has 0 amide bonds. The first-order valence-electron chi connectivity index (χ1n) is 8.69. The maximum Gasteiger partial charge on any atom is 0.294 e. The third-order valence-corrected chi connectivity index (χ3v) is 4.61. The number of aromatic amines is 1. The number of carbonyl (C=O) groups is 1. The van der Waals surface area contributed by atoms with Crippen molar-refractivity contribution in [3.05, 3.63) is 77.2 Å². The van der Waals surface area contributed by atoms with E-state index in [0.717, 1.165) is 22.2 Å².